The second kappa shape index (κ2) is 6.48. The SMILES string of the molecule is [2H]c1c([2H])c([2H])c(C2(c3ccccc3)c3ccccc3-c3ccc(B(O)O)cc32)c([2H])c1[2H]. The molecular weight excluding hydrogens is 343 g/mol. The van der Waals surface area contributed by atoms with Crippen LogP contribution in [-0.2, 0) is 5.41 Å². The van der Waals surface area contributed by atoms with Crippen LogP contribution in [-0.4, -0.2) is 17.2 Å². The Hall–Kier alpha value is -3.14. The molecule has 0 aliphatic heterocycles. The summed E-state index contributed by atoms with van der Waals surface area (Å²) < 4.78 is 42.4. The average molecular weight is 367 g/mol. The third-order valence-electron chi connectivity index (χ3n) is 5.45. The maximum Gasteiger partial charge on any atom is 0.488 e. The Bertz CT molecular complexity index is 1380. The molecule has 2 N–H and O–H groups in total. The van der Waals surface area contributed by atoms with E-state index in [-0.39, 0.29) is 23.1 Å². The van der Waals surface area contributed by atoms with Gasteiger partial charge in [0.25, 0.3) is 0 Å². The van der Waals surface area contributed by atoms with E-state index >= 15 is 0 Å². The van der Waals surface area contributed by atoms with Gasteiger partial charge in [-0.2, -0.15) is 0 Å². The van der Waals surface area contributed by atoms with Crippen LogP contribution in [0.3, 0.4) is 0 Å². The van der Waals surface area contributed by atoms with Crippen LogP contribution in [0.25, 0.3) is 11.1 Å². The van der Waals surface area contributed by atoms with E-state index in [4.69, 9.17) is 6.85 Å². The molecule has 4 aromatic carbocycles. The topological polar surface area (TPSA) is 40.5 Å². The Labute approximate surface area is 171 Å². The number of hydrogen-bond donors (Lipinski definition) is 2. The lowest BCUT2D eigenvalue weighted by Crippen LogP contribution is -2.33. The minimum atomic E-state index is -1.72. The van der Waals surface area contributed by atoms with Crippen LogP contribution in [0.4, 0.5) is 0 Å². The van der Waals surface area contributed by atoms with Crippen LogP contribution in [0.2, 0.25) is 0 Å². The highest BCUT2D eigenvalue weighted by molar-refractivity contribution is 6.58. The van der Waals surface area contributed by atoms with Gasteiger partial charge in [-0.25, -0.2) is 0 Å². The summed E-state index contributed by atoms with van der Waals surface area (Å²) in [6.45, 7) is 0. The summed E-state index contributed by atoms with van der Waals surface area (Å²) in [5.41, 5.74) is 2.95. The first-order chi connectivity index (χ1) is 15.8. The Morgan fingerprint density at radius 3 is 2.11 bits per heavy atom. The molecule has 3 heteroatoms. The van der Waals surface area contributed by atoms with E-state index < -0.39 is 30.7 Å². The van der Waals surface area contributed by atoms with Crippen molar-refractivity contribution in [1.29, 1.82) is 0 Å². The van der Waals surface area contributed by atoms with Gasteiger partial charge in [0.1, 0.15) is 0 Å². The first-order valence-electron chi connectivity index (χ1n) is 11.5. The highest BCUT2D eigenvalue weighted by atomic mass is 16.4. The molecule has 1 aliphatic rings. The van der Waals surface area contributed by atoms with Crippen LogP contribution in [0.1, 0.15) is 29.1 Å². The highest BCUT2D eigenvalue weighted by Crippen LogP contribution is 2.55. The van der Waals surface area contributed by atoms with Crippen LogP contribution < -0.4 is 5.46 Å². The van der Waals surface area contributed by atoms with Gasteiger partial charge >= 0.3 is 7.12 Å². The molecular formula is C25H19BO2. The lowest BCUT2D eigenvalue weighted by molar-refractivity contribution is 0.425. The fourth-order valence-electron chi connectivity index (χ4n) is 4.31. The minimum Gasteiger partial charge on any atom is -0.423 e. The molecule has 4 aromatic rings. The predicted molar refractivity (Wildman–Crippen MR) is 114 cm³/mol. The van der Waals surface area contributed by atoms with E-state index in [0.717, 1.165) is 22.3 Å². The maximum absolute atomic E-state index is 9.91. The van der Waals surface area contributed by atoms with Gasteiger partial charge < -0.3 is 10.0 Å². The summed E-state index contributed by atoms with van der Waals surface area (Å²) in [4.78, 5) is 0. The van der Waals surface area contributed by atoms with E-state index in [9.17, 15) is 10.0 Å². The first-order valence-corrected chi connectivity index (χ1v) is 9.03. The molecule has 2 nitrogen and oxygen atoms in total. The normalized spacial score (nSPS) is 19.6. The van der Waals surface area contributed by atoms with Gasteiger partial charge in [-0.05, 0) is 38.8 Å². The molecule has 134 valence electrons. The zero-order valence-corrected chi connectivity index (χ0v) is 14.9. The molecule has 0 fully saturated rings. The summed E-state index contributed by atoms with van der Waals surface area (Å²) in [5, 5.41) is 19.8. The van der Waals surface area contributed by atoms with Crippen molar-refractivity contribution in [2.24, 2.45) is 0 Å². The van der Waals surface area contributed by atoms with Gasteiger partial charge in [0.05, 0.1) is 12.3 Å². The van der Waals surface area contributed by atoms with E-state index in [0.29, 0.717) is 5.56 Å². The number of fused-ring (bicyclic) bond motifs is 3. The van der Waals surface area contributed by atoms with Gasteiger partial charge in [-0.1, -0.05) is 103 Å². The van der Waals surface area contributed by atoms with Crippen molar-refractivity contribution in [1.82, 2.24) is 0 Å². The Morgan fingerprint density at radius 1 is 0.679 bits per heavy atom. The molecule has 1 unspecified atom stereocenters. The summed E-state index contributed by atoms with van der Waals surface area (Å²) in [7, 11) is -1.72. The summed E-state index contributed by atoms with van der Waals surface area (Å²) in [6, 6.07) is 20.1. The molecule has 0 saturated carbocycles. The van der Waals surface area contributed by atoms with Crippen molar-refractivity contribution in [3.05, 3.63) is 125 Å². The van der Waals surface area contributed by atoms with Crippen molar-refractivity contribution < 1.29 is 16.9 Å². The standard InChI is InChI=1S/C25H19BO2/c27-26(28)20-15-16-22-21-13-7-8-14-23(21)25(24(22)17-20,18-9-3-1-4-10-18)19-11-5-2-6-12-19/h1-17,27-28H/i1D,3D,4D,9D,10D. The van der Waals surface area contributed by atoms with Crippen molar-refractivity contribution in [3.8, 4) is 11.1 Å². The fourth-order valence-corrected chi connectivity index (χ4v) is 4.31. The zero-order chi connectivity index (χ0) is 23.5. The van der Waals surface area contributed by atoms with Crippen LogP contribution in [0, 0.1) is 0 Å². The monoisotopic (exact) mass is 367 g/mol. The van der Waals surface area contributed by atoms with Gasteiger partial charge in [0.2, 0.25) is 0 Å². The molecule has 1 atom stereocenters. The van der Waals surface area contributed by atoms with E-state index in [1.165, 1.54) is 0 Å². The largest absolute Gasteiger partial charge is 0.488 e. The Balaban J connectivity index is 2.05. The second-order valence-electron chi connectivity index (χ2n) is 6.84. The van der Waals surface area contributed by atoms with Crippen molar-refractivity contribution in [2.45, 2.75) is 5.41 Å². The Morgan fingerprint density at radius 2 is 1.36 bits per heavy atom. The lowest BCUT2D eigenvalue weighted by atomic mass is 9.66. The lowest BCUT2D eigenvalue weighted by Gasteiger charge is -2.34. The predicted octanol–water partition coefficient (Wildman–Crippen LogP) is 3.73. The van der Waals surface area contributed by atoms with Crippen LogP contribution >= 0.6 is 0 Å². The van der Waals surface area contributed by atoms with Gasteiger partial charge in [0, 0.05) is 0 Å². The average Bonchev–Trinajstić information content (AvgIpc) is 3.13. The second-order valence-corrected chi connectivity index (χ2v) is 6.84. The van der Waals surface area contributed by atoms with E-state index in [1.807, 2.05) is 54.6 Å². The van der Waals surface area contributed by atoms with Gasteiger partial charge in [-0.3, -0.25) is 0 Å². The van der Waals surface area contributed by atoms with E-state index in [2.05, 4.69) is 0 Å². The maximum atomic E-state index is 9.91. The van der Waals surface area contributed by atoms with Crippen molar-refractivity contribution >= 4 is 12.6 Å². The molecule has 0 spiro atoms. The number of rotatable bonds is 3. The van der Waals surface area contributed by atoms with Crippen molar-refractivity contribution in [3.63, 3.8) is 0 Å². The Kier molecular flexibility index (Phi) is 2.86. The third-order valence-corrected chi connectivity index (χ3v) is 5.45. The van der Waals surface area contributed by atoms with Crippen molar-refractivity contribution in [2.75, 3.05) is 0 Å². The highest BCUT2D eigenvalue weighted by Gasteiger charge is 2.46. The van der Waals surface area contributed by atoms with E-state index in [1.54, 1.807) is 18.2 Å². The molecule has 0 bridgehead atoms. The molecule has 0 amide bonds. The summed E-state index contributed by atoms with van der Waals surface area (Å²) in [6.07, 6.45) is 0. The third kappa shape index (κ3) is 2.30. The smallest absolute Gasteiger partial charge is 0.423 e. The zero-order valence-electron chi connectivity index (χ0n) is 19.9. The van der Waals surface area contributed by atoms with Gasteiger partial charge in [-0.15, -0.1) is 0 Å². The molecule has 0 heterocycles. The minimum absolute atomic E-state index is 0.135. The van der Waals surface area contributed by atoms with Crippen LogP contribution in [0.5, 0.6) is 0 Å². The summed E-state index contributed by atoms with van der Waals surface area (Å²) >= 11 is 0. The molecule has 5 rings (SSSR count). The first kappa shape index (κ1) is 12.3. The molecule has 0 radical (unpaired) electrons. The molecule has 28 heavy (non-hydrogen) atoms. The van der Waals surface area contributed by atoms with Crippen LogP contribution in [0.15, 0.2) is 103 Å². The molecule has 1 aliphatic carbocycles. The van der Waals surface area contributed by atoms with Gasteiger partial charge in [0.15, 0.2) is 0 Å². The molecule has 0 aromatic heterocycles. The number of hydrogen-bond acceptors (Lipinski definition) is 2. The summed E-state index contributed by atoms with van der Waals surface area (Å²) in [5.74, 6) is 0. The fraction of sp³-hybridized carbons (Fsp3) is 0.0400. The number of benzene rings is 4. The quantitative estimate of drug-likeness (QED) is 0.477. The molecule has 0 saturated heterocycles.